The maximum absolute atomic E-state index is 12.6. The van der Waals surface area contributed by atoms with E-state index in [0.29, 0.717) is 49.9 Å². The molecule has 0 bridgehead atoms. The molecule has 0 aliphatic rings. The van der Waals surface area contributed by atoms with Gasteiger partial charge >= 0.3 is 0 Å². The lowest BCUT2D eigenvalue weighted by Gasteiger charge is -2.10. The van der Waals surface area contributed by atoms with Crippen molar-refractivity contribution < 1.29 is 18.3 Å². The molecule has 0 spiro atoms. The number of halogens is 3. The van der Waals surface area contributed by atoms with Crippen molar-refractivity contribution in [2.75, 3.05) is 7.11 Å². The summed E-state index contributed by atoms with van der Waals surface area (Å²) in [4.78, 5) is 0.411. The number of nitrogens with zero attached hydrogens (tertiary/aromatic N) is 3. The number of para-hydroxylation sites is 1. The van der Waals surface area contributed by atoms with E-state index in [9.17, 15) is 8.78 Å². The molecule has 0 N–H and O–H groups in total. The maximum Gasteiger partial charge on any atom is 0.289 e. The number of hydrogen-bond donors (Lipinski definition) is 0. The van der Waals surface area contributed by atoms with Gasteiger partial charge in [0.25, 0.3) is 5.76 Å². The van der Waals surface area contributed by atoms with Gasteiger partial charge < -0.3 is 14.0 Å². The second-order valence-corrected chi connectivity index (χ2v) is 8.21. The average Bonchev–Trinajstić information content (AvgIpc) is 3.05. The largest absolute Gasteiger partial charge is 0.496 e. The van der Waals surface area contributed by atoms with E-state index in [1.54, 1.807) is 30.3 Å². The Morgan fingerprint density at radius 3 is 2.66 bits per heavy atom. The second-order valence-electron chi connectivity index (χ2n) is 5.83. The van der Waals surface area contributed by atoms with E-state index in [-0.39, 0.29) is 6.61 Å². The number of aromatic nitrogens is 3. The van der Waals surface area contributed by atoms with Gasteiger partial charge in [0.2, 0.25) is 0 Å². The van der Waals surface area contributed by atoms with Crippen LogP contribution in [0.15, 0.2) is 52.5 Å². The topological polar surface area (TPSA) is 49.2 Å². The molecule has 3 aromatic rings. The molecule has 0 atom stereocenters. The minimum Gasteiger partial charge on any atom is -0.496 e. The van der Waals surface area contributed by atoms with Crippen molar-refractivity contribution in [1.29, 1.82) is 0 Å². The Morgan fingerprint density at radius 1 is 1.14 bits per heavy atom. The van der Waals surface area contributed by atoms with Gasteiger partial charge in [-0.2, -0.15) is 8.78 Å². The fraction of sp³-hybridized carbons (Fsp3) is 0.263. The van der Waals surface area contributed by atoms with Crippen LogP contribution in [0.3, 0.4) is 0 Å². The molecule has 154 valence electrons. The van der Waals surface area contributed by atoms with Gasteiger partial charge in [-0.3, -0.25) is 0 Å². The fourth-order valence-corrected chi connectivity index (χ4v) is 4.10. The molecule has 0 aliphatic heterocycles. The molecule has 0 radical (unpaired) electrons. The van der Waals surface area contributed by atoms with E-state index >= 15 is 0 Å². The van der Waals surface area contributed by atoms with Crippen molar-refractivity contribution in [3.63, 3.8) is 0 Å². The first-order chi connectivity index (χ1) is 14.0. The van der Waals surface area contributed by atoms with Crippen LogP contribution < -0.4 is 9.47 Å². The summed E-state index contributed by atoms with van der Waals surface area (Å²) < 4.78 is 38.0. The van der Waals surface area contributed by atoms with Gasteiger partial charge in [-0.05, 0) is 29.8 Å². The lowest BCUT2D eigenvalue weighted by Crippen LogP contribution is -2.04. The molecule has 1 aromatic heterocycles. The number of benzene rings is 2. The third-order valence-corrected chi connectivity index (χ3v) is 6.10. The maximum atomic E-state index is 12.6. The predicted octanol–water partition coefficient (Wildman–Crippen LogP) is 5.66. The fourth-order valence-electron chi connectivity index (χ4n) is 2.44. The number of rotatable bonds is 9. The Labute approximate surface area is 180 Å². The SMILES string of the molecule is COc1cc(CSc2nnc(COc3ccccc3Cl)n2C)ccc1SC(F)F. The highest BCUT2D eigenvalue weighted by Gasteiger charge is 2.14. The molecule has 0 unspecified atom stereocenters. The van der Waals surface area contributed by atoms with Crippen LogP contribution in [-0.4, -0.2) is 27.6 Å². The minimum absolute atomic E-state index is 0.237. The van der Waals surface area contributed by atoms with Gasteiger partial charge in [-0.1, -0.05) is 53.3 Å². The Hall–Kier alpha value is -1.97. The molecule has 3 rings (SSSR count). The van der Waals surface area contributed by atoms with Gasteiger partial charge in [-0.15, -0.1) is 10.2 Å². The number of methoxy groups -OCH3 is 1. The Balaban J connectivity index is 1.62. The van der Waals surface area contributed by atoms with Crippen molar-refractivity contribution >= 4 is 35.1 Å². The summed E-state index contributed by atoms with van der Waals surface area (Å²) in [7, 11) is 3.33. The van der Waals surface area contributed by atoms with Crippen LogP contribution in [-0.2, 0) is 19.4 Å². The smallest absolute Gasteiger partial charge is 0.289 e. The van der Waals surface area contributed by atoms with E-state index in [0.717, 1.165) is 5.56 Å². The lowest BCUT2D eigenvalue weighted by molar-refractivity contribution is 0.251. The molecular formula is C19H18ClF2N3O2S2. The van der Waals surface area contributed by atoms with Gasteiger partial charge in [-0.25, -0.2) is 0 Å². The number of hydrogen-bond acceptors (Lipinski definition) is 6. The first-order valence-electron chi connectivity index (χ1n) is 8.48. The minimum atomic E-state index is -2.49. The molecule has 5 nitrogen and oxygen atoms in total. The average molecular weight is 458 g/mol. The summed E-state index contributed by atoms with van der Waals surface area (Å²) in [6, 6.07) is 12.4. The normalized spacial score (nSPS) is 11.1. The van der Waals surface area contributed by atoms with Gasteiger partial charge in [0.1, 0.15) is 18.1 Å². The summed E-state index contributed by atoms with van der Waals surface area (Å²) in [6.45, 7) is 0.237. The highest BCUT2D eigenvalue weighted by Crippen LogP contribution is 2.35. The Bertz CT molecular complexity index is 972. The standard InChI is InChI=1S/C19H18ClF2N3O2S2/c1-25-17(10-27-14-6-4-3-5-13(14)20)23-24-19(25)28-11-12-7-8-16(29-18(21)22)15(9-12)26-2/h3-9,18H,10-11H2,1-2H3. The summed E-state index contributed by atoms with van der Waals surface area (Å²) in [5, 5.41) is 9.61. The van der Waals surface area contributed by atoms with Crippen LogP contribution in [0.1, 0.15) is 11.4 Å². The summed E-state index contributed by atoms with van der Waals surface area (Å²) in [5.74, 6) is -0.226. The molecule has 2 aromatic carbocycles. The predicted molar refractivity (Wildman–Crippen MR) is 111 cm³/mol. The van der Waals surface area contributed by atoms with E-state index in [1.165, 1.54) is 18.9 Å². The summed E-state index contributed by atoms with van der Waals surface area (Å²) >= 11 is 8.04. The Kier molecular flexibility index (Phi) is 7.63. The van der Waals surface area contributed by atoms with Crippen molar-refractivity contribution in [3.8, 4) is 11.5 Å². The zero-order valence-electron chi connectivity index (χ0n) is 15.6. The zero-order valence-corrected chi connectivity index (χ0v) is 18.0. The first-order valence-corrected chi connectivity index (χ1v) is 10.7. The molecule has 0 saturated heterocycles. The van der Waals surface area contributed by atoms with Crippen LogP contribution in [0.2, 0.25) is 5.02 Å². The lowest BCUT2D eigenvalue weighted by atomic mass is 10.2. The van der Waals surface area contributed by atoms with Crippen LogP contribution in [0, 0.1) is 0 Å². The quantitative estimate of drug-likeness (QED) is 0.386. The van der Waals surface area contributed by atoms with E-state index < -0.39 is 5.76 Å². The van der Waals surface area contributed by atoms with E-state index in [4.69, 9.17) is 21.1 Å². The molecule has 0 saturated carbocycles. The number of alkyl halides is 2. The van der Waals surface area contributed by atoms with Crippen molar-refractivity contribution in [3.05, 3.63) is 58.9 Å². The van der Waals surface area contributed by atoms with Gasteiger partial charge in [0, 0.05) is 12.8 Å². The van der Waals surface area contributed by atoms with Gasteiger partial charge in [0.15, 0.2) is 11.0 Å². The molecule has 29 heavy (non-hydrogen) atoms. The first kappa shape index (κ1) is 21.7. The zero-order chi connectivity index (χ0) is 20.8. The number of thioether (sulfide) groups is 2. The molecule has 10 heteroatoms. The molecule has 1 heterocycles. The van der Waals surface area contributed by atoms with Crippen molar-refractivity contribution in [2.45, 2.75) is 28.2 Å². The summed E-state index contributed by atoms with van der Waals surface area (Å²) in [5.41, 5.74) is 0.933. The van der Waals surface area contributed by atoms with E-state index in [1.807, 2.05) is 23.7 Å². The third-order valence-electron chi connectivity index (χ3n) is 3.93. The van der Waals surface area contributed by atoms with Crippen LogP contribution in [0.25, 0.3) is 0 Å². The van der Waals surface area contributed by atoms with Crippen LogP contribution in [0.4, 0.5) is 8.78 Å². The highest BCUT2D eigenvalue weighted by molar-refractivity contribution is 7.99. The van der Waals surface area contributed by atoms with Crippen molar-refractivity contribution in [1.82, 2.24) is 14.8 Å². The monoisotopic (exact) mass is 457 g/mol. The molecule has 0 fully saturated rings. The number of ether oxygens (including phenoxy) is 2. The van der Waals surface area contributed by atoms with Crippen LogP contribution in [0.5, 0.6) is 11.5 Å². The third kappa shape index (κ3) is 5.77. The Morgan fingerprint density at radius 2 is 1.93 bits per heavy atom. The molecule has 0 aliphatic carbocycles. The molecule has 0 amide bonds. The second kappa shape index (κ2) is 10.2. The van der Waals surface area contributed by atoms with Crippen molar-refractivity contribution in [2.24, 2.45) is 7.05 Å². The summed E-state index contributed by atoms with van der Waals surface area (Å²) in [6.07, 6.45) is 0. The van der Waals surface area contributed by atoms with Gasteiger partial charge in [0.05, 0.1) is 17.0 Å². The van der Waals surface area contributed by atoms with E-state index in [2.05, 4.69) is 10.2 Å². The molecular weight excluding hydrogens is 440 g/mol. The highest BCUT2D eigenvalue weighted by atomic mass is 35.5. The van der Waals surface area contributed by atoms with Crippen LogP contribution >= 0.6 is 35.1 Å².